The normalized spacial score (nSPS) is 28.3. The van der Waals surface area contributed by atoms with Crippen LogP contribution in [0.1, 0.15) is 36.2 Å². The first-order valence-electron chi connectivity index (χ1n) is 9.25. The molecule has 3 aliphatic rings. The molecule has 2 N–H and O–H groups in total. The van der Waals surface area contributed by atoms with E-state index < -0.39 is 0 Å². The molecule has 2 aromatic rings. The van der Waals surface area contributed by atoms with Crippen LogP contribution < -0.4 is 5.73 Å². The van der Waals surface area contributed by atoms with Gasteiger partial charge in [0.05, 0.1) is 5.69 Å². The van der Waals surface area contributed by atoms with Crippen LogP contribution in [0.5, 0.6) is 0 Å². The monoisotopic (exact) mass is 341 g/mol. The number of aromatic nitrogens is 3. The van der Waals surface area contributed by atoms with E-state index in [0.29, 0.717) is 36.2 Å². The van der Waals surface area contributed by atoms with Gasteiger partial charge in [0.15, 0.2) is 0 Å². The Morgan fingerprint density at radius 3 is 2.68 bits per heavy atom. The number of hydrogen-bond acceptors (Lipinski definition) is 4. The van der Waals surface area contributed by atoms with Crippen LogP contribution in [0, 0.1) is 18.8 Å². The van der Waals surface area contributed by atoms with Crippen LogP contribution in [0.2, 0.25) is 0 Å². The van der Waals surface area contributed by atoms with Gasteiger partial charge in [-0.25, -0.2) is 14.4 Å². The van der Waals surface area contributed by atoms with Gasteiger partial charge in [0.1, 0.15) is 18.3 Å². The summed E-state index contributed by atoms with van der Waals surface area (Å²) in [4.78, 5) is 11.5. The lowest BCUT2D eigenvalue weighted by molar-refractivity contribution is 0.257. The lowest BCUT2D eigenvalue weighted by atomic mass is 10.1. The van der Waals surface area contributed by atoms with Gasteiger partial charge in [0, 0.05) is 49.6 Å². The van der Waals surface area contributed by atoms with Crippen molar-refractivity contribution in [2.45, 2.75) is 31.7 Å². The molecule has 1 unspecified atom stereocenters. The van der Waals surface area contributed by atoms with Crippen LogP contribution in [-0.2, 0) is 0 Å². The average Bonchev–Trinajstić information content (AvgIpc) is 3.47. The Bertz CT molecular complexity index is 800. The lowest BCUT2D eigenvalue weighted by Crippen LogP contribution is -2.27. The van der Waals surface area contributed by atoms with Crippen molar-refractivity contribution >= 4 is 5.82 Å². The van der Waals surface area contributed by atoms with Gasteiger partial charge >= 0.3 is 0 Å². The molecule has 0 spiro atoms. The second kappa shape index (κ2) is 5.53. The lowest BCUT2D eigenvalue weighted by Gasteiger charge is -2.18. The fourth-order valence-electron chi connectivity index (χ4n) is 4.45. The van der Waals surface area contributed by atoms with Gasteiger partial charge in [0.2, 0.25) is 0 Å². The molecule has 5 nitrogen and oxygen atoms in total. The molecule has 1 aliphatic heterocycles. The zero-order valence-corrected chi connectivity index (χ0v) is 14.5. The quantitative estimate of drug-likeness (QED) is 0.908. The van der Waals surface area contributed by atoms with E-state index >= 15 is 0 Å². The Labute approximate surface area is 147 Å². The summed E-state index contributed by atoms with van der Waals surface area (Å²) in [5.74, 6) is 3.76. The second-order valence-corrected chi connectivity index (χ2v) is 7.86. The predicted molar refractivity (Wildman–Crippen MR) is 95.0 cm³/mol. The minimum atomic E-state index is -0.240. The molecule has 5 rings (SSSR count). The Morgan fingerprint density at radius 2 is 2.04 bits per heavy atom. The van der Waals surface area contributed by atoms with Crippen molar-refractivity contribution in [2.24, 2.45) is 11.8 Å². The van der Waals surface area contributed by atoms with Crippen LogP contribution in [0.15, 0.2) is 18.5 Å². The molecule has 0 amide bonds. The Kier molecular flexibility index (Phi) is 3.39. The topological polar surface area (TPSA) is 60.0 Å². The first kappa shape index (κ1) is 15.3. The van der Waals surface area contributed by atoms with Crippen LogP contribution in [0.4, 0.5) is 10.2 Å². The zero-order valence-electron chi connectivity index (χ0n) is 14.5. The Morgan fingerprint density at radius 1 is 1.28 bits per heavy atom. The summed E-state index contributed by atoms with van der Waals surface area (Å²) in [6.45, 7) is 4.38. The number of nitrogens with zero attached hydrogens (tertiary/aromatic N) is 4. The molecule has 1 saturated heterocycles. The summed E-state index contributed by atoms with van der Waals surface area (Å²) >= 11 is 0. The smallest absolute Gasteiger partial charge is 0.126 e. The van der Waals surface area contributed by atoms with E-state index in [4.69, 9.17) is 10.7 Å². The van der Waals surface area contributed by atoms with Crippen molar-refractivity contribution < 1.29 is 4.39 Å². The maximum Gasteiger partial charge on any atom is 0.126 e. The molecule has 0 bridgehead atoms. The largest absolute Gasteiger partial charge is 0.383 e. The summed E-state index contributed by atoms with van der Waals surface area (Å²) in [6.07, 6.45) is 6.52. The number of alkyl halides is 1. The molecule has 25 heavy (non-hydrogen) atoms. The molecule has 3 atom stereocenters. The molecule has 3 fully saturated rings. The van der Waals surface area contributed by atoms with Crippen LogP contribution in [0.25, 0.3) is 11.3 Å². The van der Waals surface area contributed by atoms with Gasteiger partial charge in [-0.2, -0.15) is 0 Å². The summed E-state index contributed by atoms with van der Waals surface area (Å²) in [7, 11) is 0. The number of halogens is 1. The summed E-state index contributed by atoms with van der Waals surface area (Å²) in [5, 5.41) is 0. The van der Waals surface area contributed by atoms with E-state index in [1.165, 1.54) is 18.7 Å². The number of anilines is 1. The number of nitrogens with two attached hydrogens (primary N) is 1. The standard InChI is InChI=1S/C19H24FN5/c1-11-6-13(7-22-18(11)21)16-10-25(19(23-16)12-2-3-12)17-14-8-24(5-4-20)9-15(14)17/h6-7,10,12,14-15,17H,2-5,8-9H2,1H3,(H2,21,22)/t14-,15+,17?. The Hall–Kier alpha value is -1.95. The van der Waals surface area contributed by atoms with Gasteiger partial charge in [-0.05, 0) is 43.2 Å². The van der Waals surface area contributed by atoms with Gasteiger partial charge < -0.3 is 15.2 Å². The number of rotatable bonds is 5. The molecule has 2 saturated carbocycles. The highest BCUT2D eigenvalue weighted by molar-refractivity contribution is 5.61. The number of aryl methyl sites for hydroxylation is 1. The summed E-state index contributed by atoms with van der Waals surface area (Å²) in [6, 6.07) is 2.62. The molecule has 6 heteroatoms. The first-order valence-corrected chi connectivity index (χ1v) is 9.25. The van der Waals surface area contributed by atoms with Crippen LogP contribution in [0.3, 0.4) is 0 Å². The third-order valence-electron chi connectivity index (χ3n) is 6.06. The minimum absolute atomic E-state index is 0.240. The highest BCUT2D eigenvalue weighted by Crippen LogP contribution is 2.57. The third-order valence-corrected chi connectivity index (χ3v) is 6.06. The molecule has 0 radical (unpaired) electrons. The number of hydrogen-bond donors (Lipinski definition) is 1. The van der Waals surface area contributed by atoms with Crippen molar-refractivity contribution in [1.82, 2.24) is 19.4 Å². The average molecular weight is 341 g/mol. The van der Waals surface area contributed by atoms with Gasteiger partial charge in [0.25, 0.3) is 0 Å². The van der Waals surface area contributed by atoms with Crippen LogP contribution in [-0.4, -0.2) is 45.7 Å². The highest BCUT2D eigenvalue weighted by atomic mass is 19.1. The van der Waals surface area contributed by atoms with E-state index in [9.17, 15) is 4.39 Å². The van der Waals surface area contributed by atoms with E-state index in [0.717, 1.165) is 29.9 Å². The number of piperidine rings is 1. The van der Waals surface area contributed by atoms with Crippen molar-refractivity contribution in [3.05, 3.63) is 29.8 Å². The van der Waals surface area contributed by atoms with E-state index in [1.54, 1.807) is 0 Å². The third kappa shape index (κ3) is 2.54. The number of fused-ring (bicyclic) bond motifs is 1. The van der Waals surface area contributed by atoms with Gasteiger partial charge in [-0.1, -0.05) is 0 Å². The van der Waals surface area contributed by atoms with Gasteiger partial charge in [-0.15, -0.1) is 0 Å². The molecular weight excluding hydrogens is 317 g/mol. The number of imidazole rings is 1. The van der Waals surface area contributed by atoms with Crippen molar-refractivity contribution in [1.29, 1.82) is 0 Å². The number of likely N-dealkylation sites (tertiary alicyclic amines) is 1. The van der Waals surface area contributed by atoms with Crippen LogP contribution >= 0.6 is 0 Å². The van der Waals surface area contributed by atoms with Crippen molar-refractivity contribution in [3.8, 4) is 11.3 Å². The maximum absolute atomic E-state index is 12.6. The van der Waals surface area contributed by atoms with Gasteiger partial charge in [-0.3, -0.25) is 0 Å². The summed E-state index contributed by atoms with van der Waals surface area (Å²) < 4.78 is 15.0. The van der Waals surface area contributed by atoms with E-state index in [2.05, 4.69) is 26.7 Å². The minimum Gasteiger partial charge on any atom is -0.383 e. The molecule has 2 aromatic heterocycles. The van der Waals surface area contributed by atoms with E-state index in [1.807, 2.05) is 13.1 Å². The first-order chi connectivity index (χ1) is 12.2. The molecule has 3 heterocycles. The number of nitrogen functional groups attached to an aromatic ring is 1. The number of pyridine rings is 1. The fraction of sp³-hybridized carbons (Fsp3) is 0.579. The zero-order chi connectivity index (χ0) is 17.1. The highest BCUT2D eigenvalue weighted by Gasteiger charge is 2.57. The maximum atomic E-state index is 12.6. The molecule has 0 aromatic carbocycles. The van der Waals surface area contributed by atoms with E-state index in [-0.39, 0.29) is 6.67 Å². The summed E-state index contributed by atoms with van der Waals surface area (Å²) in [5.41, 5.74) is 8.88. The molecule has 132 valence electrons. The predicted octanol–water partition coefficient (Wildman–Crippen LogP) is 2.79. The molecular formula is C19H24FN5. The fourth-order valence-corrected chi connectivity index (χ4v) is 4.45. The second-order valence-electron chi connectivity index (χ2n) is 7.86. The van der Waals surface area contributed by atoms with Crippen molar-refractivity contribution in [2.75, 3.05) is 32.0 Å². The Balaban J connectivity index is 1.43. The molecule has 2 aliphatic carbocycles. The SMILES string of the molecule is Cc1cc(-c2cn(C3[C@H]4CN(CCF)C[C@@H]34)c(C3CC3)n2)cnc1N. The van der Waals surface area contributed by atoms with Crippen molar-refractivity contribution in [3.63, 3.8) is 0 Å².